The summed E-state index contributed by atoms with van der Waals surface area (Å²) in [7, 11) is 0. The van der Waals surface area contributed by atoms with Crippen molar-refractivity contribution < 1.29 is 0 Å². The van der Waals surface area contributed by atoms with Crippen LogP contribution in [0, 0.1) is 29.1 Å². The van der Waals surface area contributed by atoms with Crippen molar-refractivity contribution in [2.75, 3.05) is 0 Å². The van der Waals surface area contributed by atoms with Gasteiger partial charge in [-0.2, -0.15) is 5.26 Å². The summed E-state index contributed by atoms with van der Waals surface area (Å²) in [6, 6.07) is 35.7. The van der Waals surface area contributed by atoms with Gasteiger partial charge in [-0.25, -0.2) is 15.0 Å². The molecule has 5 atom stereocenters. The van der Waals surface area contributed by atoms with Crippen molar-refractivity contribution >= 4 is 11.6 Å². The van der Waals surface area contributed by atoms with Gasteiger partial charge in [0.05, 0.1) is 11.6 Å². The first-order chi connectivity index (χ1) is 24.9. The number of allylic oxidation sites excluding steroid dienone is 5. The Morgan fingerprint density at radius 1 is 0.667 bits per heavy atom. The number of nitrogens with zero attached hydrogens (tertiary/aromatic N) is 4. The molecule has 2 fully saturated rings. The Kier molecular flexibility index (Phi) is 7.88. The summed E-state index contributed by atoms with van der Waals surface area (Å²) in [6.07, 6.45) is 16.9. The SMILES string of the molecule is CC1CC2C[C@H](C1)CC(C)(c1cccc3c1C1CC=CC(c4nc(-c5ccc(C#N)cc5)nc(-c5cccc(-c6ccccc6)c5)n4)=C1C=C3)C2. The number of hydrogen-bond acceptors (Lipinski definition) is 4. The van der Waals surface area contributed by atoms with Crippen molar-refractivity contribution in [2.45, 2.75) is 63.7 Å². The van der Waals surface area contributed by atoms with Gasteiger partial charge >= 0.3 is 0 Å². The minimum atomic E-state index is 0.184. The molecule has 0 spiro atoms. The van der Waals surface area contributed by atoms with Crippen LogP contribution in [-0.4, -0.2) is 15.0 Å². The van der Waals surface area contributed by atoms with Crippen LogP contribution in [0.2, 0.25) is 0 Å². The molecule has 0 aliphatic heterocycles. The second-order valence-corrected chi connectivity index (χ2v) is 15.7. The molecule has 1 aromatic heterocycles. The summed E-state index contributed by atoms with van der Waals surface area (Å²) in [6.45, 7) is 5.02. The second-order valence-electron chi connectivity index (χ2n) is 15.7. The van der Waals surface area contributed by atoms with Gasteiger partial charge in [0.15, 0.2) is 17.5 Å². The molecule has 0 radical (unpaired) electrons. The molecule has 2 saturated carbocycles. The van der Waals surface area contributed by atoms with Gasteiger partial charge in [0.1, 0.15) is 0 Å². The molecule has 4 heteroatoms. The summed E-state index contributed by atoms with van der Waals surface area (Å²) in [5.41, 5.74) is 11.6. The van der Waals surface area contributed by atoms with E-state index in [1.54, 1.807) is 5.56 Å². The van der Waals surface area contributed by atoms with E-state index < -0.39 is 0 Å². The van der Waals surface area contributed by atoms with Crippen LogP contribution in [-0.2, 0) is 5.41 Å². The normalized spacial score (nSPS) is 24.8. The largest absolute Gasteiger partial charge is 0.208 e. The van der Waals surface area contributed by atoms with E-state index in [4.69, 9.17) is 15.0 Å². The standard InChI is InChI=1S/C47H42N4/c1-30-23-32-25-33(24-30)28-47(2,27-32)42-16-7-11-35-21-22-39-40(43(35)42)14-8-15-41(39)46-50-44(36-19-17-31(29-48)18-20-36)49-45(51-46)38-13-6-12-37(26-38)34-9-4-3-5-10-34/h3-13,15-22,26,30,32-33,40H,14,23-25,27-28H2,1-2H3/t30?,32-,33?,40?,47?/m0/s1. The van der Waals surface area contributed by atoms with Crippen molar-refractivity contribution in [2.24, 2.45) is 17.8 Å². The fourth-order valence-electron chi connectivity index (χ4n) is 9.96. The van der Waals surface area contributed by atoms with Crippen LogP contribution < -0.4 is 0 Å². The molecule has 4 aliphatic rings. The van der Waals surface area contributed by atoms with Crippen molar-refractivity contribution in [3.63, 3.8) is 0 Å². The smallest absolute Gasteiger partial charge is 0.164 e. The average Bonchev–Trinajstić information content (AvgIpc) is 3.17. The lowest BCUT2D eigenvalue weighted by Gasteiger charge is -2.49. The third-order valence-corrected chi connectivity index (χ3v) is 11.9. The lowest BCUT2D eigenvalue weighted by atomic mass is 9.56. The Morgan fingerprint density at radius 2 is 1.35 bits per heavy atom. The number of fused-ring (bicyclic) bond motifs is 5. The first-order valence-electron chi connectivity index (χ1n) is 18.6. The van der Waals surface area contributed by atoms with E-state index in [-0.39, 0.29) is 11.3 Å². The van der Waals surface area contributed by atoms with Crippen LogP contribution in [0.1, 0.15) is 86.4 Å². The summed E-state index contributed by atoms with van der Waals surface area (Å²) >= 11 is 0. The Hall–Kier alpha value is -5.40. The summed E-state index contributed by atoms with van der Waals surface area (Å²) in [5, 5.41) is 9.46. The highest BCUT2D eigenvalue weighted by Crippen LogP contribution is 2.55. The zero-order chi connectivity index (χ0) is 34.5. The monoisotopic (exact) mass is 662 g/mol. The fourth-order valence-corrected chi connectivity index (χ4v) is 9.96. The van der Waals surface area contributed by atoms with Crippen LogP contribution in [0.4, 0.5) is 0 Å². The highest BCUT2D eigenvalue weighted by Gasteiger charge is 2.44. The van der Waals surface area contributed by atoms with Gasteiger partial charge in [0.25, 0.3) is 0 Å². The molecule has 0 N–H and O–H groups in total. The van der Waals surface area contributed by atoms with E-state index in [9.17, 15) is 5.26 Å². The van der Waals surface area contributed by atoms with Crippen molar-refractivity contribution in [1.82, 2.24) is 15.0 Å². The van der Waals surface area contributed by atoms with Gasteiger partial charge in [-0.05, 0) is 125 Å². The minimum Gasteiger partial charge on any atom is -0.208 e. The maximum atomic E-state index is 9.46. The molecule has 5 aromatic rings. The lowest BCUT2D eigenvalue weighted by Crippen LogP contribution is -2.39. The molecule has 0 saturated heterocycles. The van der Waals surface area contributed by atoms with Crippen molar-refractivity contribution in [1.29, 1.82) is 5.26 Å². The zero-order valence-corrected chi connectivity index (χ0v) is 29.4. The molecule has 250 valence electrons. The fraction of sp³-hybridized carbons (Fsp3) is 0.277. The van der Waals surface area contributed by atoms with Gasteiger partial charge in [-0.15, -0.1) is 0 Å². The molecule has 4 aromatic carbocycles. The molecule has 51 heavy (non-hydrogen) atoms. The zero-order valence-electron chi connectivity index (χ0n) is 29.4. The molecule has 1 heterocycles. The van der Waals surface area contributed by atoms with Crippen LogP contribution in [0.5, 0.6) is 0 Å². The molecule has 0 amide bonds. The Morgan fingerprint density at radius 3 is 2.12 bits per heavy atom. The minimum absolute atomic E-state index is 0.184. The first kappa shape index (κ1) is 31.6. The van der Waals surface area contributed by atoms with Gasteiger partial charge in [0.2, 0.25) is 0 Å². The molecule has 4 unspecified atom stereocenters. The summed E-state index contributed by atoms with van der Waals surface area (Å²) in [5.74, 6) is 4.67. The number of hydrogen-bond donors (Lipinski definition) is 0. The number of aromatic nitrogens is 3. The topological polar surface area (TPSA) is 62.5 Å². The van der Waals surface area contributed by atoms with Crippen LogP contribution in [0.3, 0.4) is 0 Å². The lowest BCUT2D eigenvalue weighted by molar-refractivity contribution is 0.0893. The first-order valence-corrected chi connectivity index (χ1v) is 18.6. The molecule has 4 nitrogen and oxygen atoms in total. The molecular weight excluding hydrogens is 621 g/mol. The Balaban J connectivity index is 1.17. The van der Waals surface area contributed by atoms with Crippen LogP contribution in [0.25, 0.3) is 45.6 Å². The van der Waals surface area contributed by atoms with Gasteiger partial charge in [-0.1, -0.05) is 105 Å². The van der Waals surface area contributed by atoms with Crippen LogP contribution in [0.15, 0.2) is 121 Å². The molecule has 2 bridgehead atoms. The Bertz CT molecular complexity index is 2250. The van der Waals surface area contributed by atoms with E-state index >= 15 is 0 Å². The quantitative estimate of drug-likeness (QED) is 0.188. The highest BCUT2D eigenvalue weighted by molar-refractivity contribution is 5.83. The number of benzene rings is 4. The predicted octanol–water partition coefficient (Wildman–Crippen LogP) is 11.4. The maximum absolute atomic E-state index is 9.46. The average molecular weight is 663 g/mol. The number of nitriles is 1. The third-order valence-electron chi connectivity index (χ3n) is 11.9. The summed E-state index contributed by atoms with van der Waals surface area (Å²) in [4.78, 5) is 15.4. The van der Waals surface area contributed by atoms with Crippen LogP contribution >= 0.6 is 0 Å². The van der Waals surface area contributed by atoms with Gasteiger partial charge in [0, 0.05) is 22.6 Å². The van der Waals surface area contributed by atoms with Gasteiger partial charge in [-0.3, -0.25) is 0 Å². The molecule has 4 aliphatic carbocycles. The Labute approximate surface area is 301 Å². The number of rotatable bonds is 5. The summed E-state index contributed by atoms with van der Waals surface area (Å²) < 4.78 is 0. The van der Waals surface area contributed by atoms with E-state index in [2.05, 4.69) is 111 Å². The van der Waals surface area contributed by atoms with E-state index in [1.165, 1.54) is 48.8 Å². The third kappa shape index (κ3) is 5.85. The molecule has 9 rings (SSSR count). The highest BCUT2D eigenvalue weighted by atomic mass is 15.0. The van der Waals surface area contributed by atoms with Crippen molar-refractivity contribution in [3.05, 3.63) is 149 Å². The van der Waals surface area contributed by atoms with Gasteiger partial charge < -0.3 is 0 Å². The van der Waals surface area contributed by atoms with E-state index in [0.717, 1.165) is 52.0 Å². The predicted molar refractivity (Wildman–Crippen MR) is 206 cm³/mol. The second kappa shape index (κ2) is 12.7. The van der Waals surface area contributed by atoms with Crippen molar-refractivity contribution in [3.8, 4) is 40.0 Å². The van der Waals surface area contributed by atoms with E-state index in [0.29, 0.717) is 23.0 Å². The maximum Gasteiger partial charge on any atom is 0.164 e. The molecular formula is C47H42N4. The van der Waals surface area contributed by atoms with E-state index in [1.807, 2.05) is 30.3 Å².